The fraction of sp³-hybridized carbons (Fsp3) is 0.700. The van der Waals surface area contributed by atoms with Gasteiger partial charge in [-0.1, -0.05) is 52.9 Å². The highest BCUT2D eigenvalue weighted by atomic mass is 35.5. The summed E-state index contributed by atoms with van der Waals surface area (Å²) in [6.07, 6.45) is 9.25. The van der Waals surface area contributed by atoms with Crippen molar-refractivity contribution in [2.75, 3.05) is 19.7 Å². The molecule has 0 unspecified atom stereocenters. The van der Waals surface area contributed by atoms with Gasteiger partial charge in [-0.3, -0.25) is 0 Å². The predicted molar refractivity (Wildman–Crippen MR) is 111 cm³/mol. The lowest BCUT2D eigenvalue weighted by Crippen LogP contribution is -2.18. The Morgan fingerprint density at radius 2 is 1.54 bits per heavy atom. The van der Waals surface area contributed by atoms with Crippen molar-refractivity contribution in [3.05, 3.63) is 24.3 Å². The zero-order valence-electron chi connectivity index (χ0n) is 15.7. The second kappa shape index (κ2) is 16.1. The number of ether oxygens (including phenoxy) is 1. The van der Waals surface area contributed by atoms with Crippen molar-refractivity contribution in [2.24, 2.45) is 0 Å². The molecule has 0 aliphatic rings. The summed E-state index contributed by atoms with van der Waals surface area (Å²) in [5.74, 6) is 0.981. The summed E-state index contributed by atoms with van der Waals surface area (Å²) >= 11 is 1.89. The predicted octanol–water partition coefficient (Wildman–Crippen LogP) is 6.33. The van der Waals surface area contributed by atoms with E-state index in [1.807, 2.05) is 11.8 Å². The molecule has 2 nitrogen and oxygen atoms in total. The maximum Gasteiger partial charge on any atom is 0.119 e. The number of benzene rings is 1. The van der Waals surface area contributed by atoms with Crippen LogP contribution >= 0.6 is 24.2 Å². The highest BCUT2D eigenvalue weighted by molar-refractivity contribution is 7.99. The first-order chi connectivity index (χ1) is 11.2. The van der Waals surface area contributed by atoms with Gasteiger partial charge < -0.3 is 10.1 Å². The Labute approximate surface area is 159 Å². The van der Waals surface area contributed by atoms with Crippen molar-refractivity contribution < 1.29 is 4.74 Å². The first-order valence-electron chi connectivity index (χ1n) is 9.32. The quantitative estimate of drug-likeness (QED) is 0.304. The standard InChI is InChI=1S/C20H35NOS.ClH/c1-4-5-6-7-8-9-15-21-16-10-17-22-19-11-13-20(14-12-19)23-18(2)3;/h11-14,18,21H,4-10,15-17H2,1-3H3;1H. The number of hydrogen-bond donors (Lipinski definition) is 1. The van der Waals surface area contributed by atoms with Crippen LogP contribution in [-0.4, -0.2) is 24.9 Å². The molecule has 0 fully saturated rings. The van der Waals surface area contributed by atoms with Gasteiger partial charge in [0.25, 0.3) is 0 Å². The van der Waals surface area contributed by atoms with Gasteiger partial charge in [0.1, 0.15) is 5.75 Å². The first kappa shape index (κ1) is 23.6. The van der Waals surface area contributed by atoms with Gasteiger partial charge in [0.15, 0.2) is 0 Å². The smallest absolute Gasteiger partial charge is 0.119 e. The van der Waals surface area contributed by atoms with Gasteiger partial charge in [0.05, 0.1) is 6.61 Å². The molecular weight excluding hydrogens is 338 g/mol. The third-order valence-electron chi connectivity index (χ3n) is 3.67. The van der Waals surface area contributed by atoms with E-state index in [0.717, 1.165) is 31.9 Å². The largest absolute Gasteiger partial charge is 0.494 e. The number of nitrogens with one attached hydrogen (secondary N) is 1. The molecule has 24 heavy (non-hydrogen) atoms. The third kappa shape index (κ3) is 13.0. The Kier molecular flexibility index (Phi) is 15.9. The van der Waals surface area contributed by atoms with Crippen LogP contribution in [0.1, 0.15) is 65.7 Å². The number of thioether (sulfide) groups is 1. The van der Waals surface area contributed by atoms with E-state index in [0.29, 0.717) is 5.25 Å². The summed E-state index contributed by atoms with van der Waals surface area (Å²) in [7, 11) is 0. The highest BCUT2D eigenvalue weighted by Gasteiger charge is 1.99. The molecule has 0 amide bonds. The molecule has 1 aromatic carbocycles. The van der Waals surface area contributed by atoms with Gasteiger partial charge in [0, 0.05) is 10.1 Å². The fourth-order valence-corrected chi connectivity index (χ4v) is 3.27. The average molecular weight is 374 g/mol. The molecule has 1 aromatic rings. The van der Waals surface area contributed by atoms with Crippen molar-refractivity contribution in [2.45, 2.75) is 75.9 Å². The minimum Gasteiger partial charge on any atom is -0.494 e. The van der Waals surface area contributed by atoms with E-state index in [1.165, 1.54) is 43.4 Å². The second-order valence-corrected chi connectivity index (χ2v) is 8.01. The van der Waals surface area contributed by atoms with Crippen LogP contribution in [0, 0.1) is 0 Å². The lowest BCUT2D eigenvalue weighted by molar-refractivity contribution is 0.308. The van der Waals surface area contributed by atoms with Crippen molar-refractivity contribution in [1.29, 1.82) is 0 Å². The van der Waals surface area contributed by atoms with Crippen LogP contribution < -0.4 is 10.1 Å². The van der Waals surface area contributed by atoms with Gasteiger partial charge in [-0.25, -0.2) is 0 Å². The molecule has 1 rings (SSSR count). The normalized spacial score (nSPS) is 10.7. The van der Waals surface area contributed by atoms with Crippen LogP contribution in [0.4, 0.5) is 0 Å². The Morgan fingerprint density at radius 3 is 2.21 bits per heavy atom. The van der Waals surface area contributed by atoms with E-state index in [9.17, 15) is 0 Å². The topological polar surface area (TPSA) is 21.3 Å². The summed E-state index contributed by atoms with van der Waals surface area (Å²) < 4.78 is 5.79. The Bertz CT molecular complexity index is 384. The van der Waals surface area contributed by atoms with E-state index in [-0.39, 0.29) is 12.4 Å². The molecular formula is C20H36ClNOS. The molecule has 0 radical (unpaired) electrons. The average Bonchev–Trinajstić information content (AvgIpc) is 2.53. The number of hydrogen-bond acceptors (Lipinski definition) is 3. The Balaban J connectivity index is 0.00000529. The molecule has 140 valence electrons. The summed E-state index contributed by atoms with van der Waals surface area (Å²) in [6, 6.07) is 8.45. The molecule has 0 aliphatic carbocycles. The lowest BCUT2D eigenvalue weighted by atomic mass is 10.1. The molecule has 4 heteroatoms. The second-order valence-electron chi connectivity index (χ2n) is 6.36. The molecule has 0 bridgehead atoms. The highest BCUT2D eigenvalue weighted by Crippen LogP contribution is 2.24. The van der Waals surface area contributed by atoms with E-state index in [4.69, 9.17) is 4.74 Å². The minimum absolute atomic E-state index is 0. The van der Waals surface area contributed by atoms with Gasteiger partial charge in [0.2, 0.25) is 0 Å². The van der Waals surface area contributed by atoms with Crippen LogP contribution in [0.2, 0.25) is 0 Å². The number of halogens is 1. The summed E-state index contributed by atoms with van der Waals surface area (Å²) in [5.41, 5.74) is 0. The zero-order chi connectivity index (χ0) is 16.8. The van der Waals surface area contributed by atoms with Crippen molar-refractivity contribution >= 4 is 24.2 Å². The molecule has 0 saturated heterocycles. The fourth-order valence-electron chi connectivity index (χ4n) is 2.43. The lowest BCUT2D eigenvalue weighted by Gasteiger charge is -2.09. The zero-order valence-corrected chi connectivity index (χ0v) is 17.3. The van der Waals surface area contributed by atoms with Crippen molar-refractivity contribution in [3.8, 4) is 5.75 Å². The van der Waals surface area contributed by atoms with Crippen molar-refractivity contribution in [3.63, 3.8) is 0 Å². The van der Waals surface area contributed by atoms with Gasteiger partial charge >= 0.3 is 0 Å². The SMILES string of the molecule is CCCCCCCCNCCCOc1ccc(SC(C)C)cc1.Cl. The first-order valence-corrected chi connectivity index (χ1v) is 10.2. The van der Waals surface area contributed by atoms with E-state index in [1.54, 1.807) is 0 Å². The molecule has 0 aliphatic heterocycles. The minimum atomic E-state index is 0. The maximum absolute atomic E-state index is 5.79. The molecule has 0 spiro atoms. The van der Waals surface area contributed by atoms with Crippen LogP contribution in [0.25, 0.3) is 0 Å². The van der Waals surface area contributed by atoms with Crippen LogP contribution in [0.15, 0.2) is 29.2 Å². The van der Waals surface area contributed by atoms with E-state index >= 15 is 0 Å². The summed E-state index contributed by atoms with van der Waals surface area (Å²) in [5, 5.41) is 4.13. The van der Waals surface area contributed by atoms with Gasteiger partial charge in [-0.05, 0) is 50.2 Å². The monoisotopic (exact) mass is 373 g/mol. The maximum atomic E-state index is 5.79. The molecule has 0 heterocycles. The molecule has 0 aromatic heterocycles. The van der Waals surface area contributed by atoms with Crippen LogP contribution in [0.3, 0.4) is 0 Å². The van der Waals surface area contributed by atoms with Gasteiger partial charge in [-0.2, -0.15) is 0 Å². The third-order valence-corrected chi connectivity index (χ3v) is 4.68. The van der Waals surface area contributed by atoms with Crippen molar-refractivity contribution in [1.82, 2.24) is 5.32 Å². The van der Waals surface area contributed by atoms with Gasteiger partial charge in [-0.15, -0.1) is 24.2 Å². The number of rotatable bonds is 14. The Hall–Kier alpha value is -0.380. The Morgan fingerprint density at radius 1 is 0.917 bits per heavy atom. The van der Waals surface area contributed by atoms with Crippen LogP contribution in [0.5, 0.6) is 5.75 Å². The number of unbranched alkanes of at least 4 members (excludes halogenated alkanes) is 5. The van der Waals surface area contributed by atoms with E-state index < -0.39 is 0 Å². The molecule has 0 saturated carbocycles. The summed E-state index contributed by atoms with van der Waals surface area (Å²) in [6.45, 7) is 9.69. The van der Waals surface area contributed by atoms with Crippen LogP contribution in [-0.2, 0) is 0 Å². The molecule has 1 N–H and O–H groups in total. The summed E-state index contributed by atoms with van der Waals surface area (Å²) in [4.78, 5) is 1.31. The molecule has 0 atom stereocenters. The van der Waals surface area contributed by atoms with E-state index in [2.05, 4.69) is 50.4 Å².